The zero-order chi connectivity index (χ0) is 20.6. The number of benzene rings is 2. The number of primary amides is 1. The molecule has 1 aliphatic rings. The Morgan fingerprint density at radius 1 is 1.24 bits per heavy atom. The summed E-state index contributed by atoms with van der Waals surface area (Å²) in [6.45, 7) is 0.425. The van der Waals surface area contributed by atoms with Gasteiger partial charge in [0.05, 0.1) is 34.1 Å². The number of amides is 1. The normalized spacial score (nSPS) is 17.8. The van der Waals surface area contributed by atoms with E-state index in [1.807, 2.05) is 30.3 Å². The average molecular weight is 428 g/mol. The molecule has 29 heavy (non-hydrogen) atoms. The van der Waals surface area contributed by atoms with Gasteiger partial charge in [-0.25, -0.2) is 8.42 Å². The maximum atomic E-state index is 13.1. The van der Waals surface area contributed by atoms with Crippen LogP contribution in [0.15, 0.2) is 53.4 Å². The lowest BCUT2D eigenvalue weighted by Gasteiger charge is -2.32. The largest absolute Gasteiger partial charge is 0.371 e. The number of rotatable bonds is 4. The molecule has 1 atom stereocenters. The molecule has 0 radical (unpaired) electrons. The molecule has 4 rings (SSSR count). The van der Waals surface area contributed by atoms with Gasteiger partial charge in [-0.15, -0.1) is 11.3 Å². The van der Waals surface area contributed by atoms with E-state index in [9.17, 15) is 13.2 Å². The molecular weight excluding hydrogens is 410 g/mol. The number of fused-ring (bicyclic) bond motifs is 1. The van der Waals surface area contributed by atoms with Crippen molar-refractivity contribution in [3.63, 3.8) is 0 Å². The zero-order valence-electron chi connectivity index (χ0n) is 15.2. The first-order chi connectivity index (χ1) is 13.9. The number of ether oxygens (including phenoxy) is 1. The van der Waals surface area contributed by atoms with Crippen molar-refractivity contribution >= 4 is 37.4 Å². The first-order valence-corrected chi connectivity index (χ1v) is 11.1. The number of hydrogen-bond donors (Lipinski definition) is 1. The molecule has 9 heteroatoms. The van der Waals surface area contributed by atoms with Crippen molar-refractivity contribution in [2.24, 2.45) is 5.73 Å². The molecule has 2 heterocycles. The minimum atomic E-state index is -3.82. The summed E-state index contributed by atoms with van der Waals surface area (Å²) >= 11 is 1.28. The van der Waals surface area contributed by atoms with Crippen LogP contribution in [-0.4, -0.2) is 38.3 Å². The van der Waals surface area contributed by atoms with Gasteiger partial charge in [0.2, 0.25) is 10.0 Å². The van der Waals surface area contributed by atoms with E-state index in [4.69, 9.17) is 15.7 Å². The van der Waals surface area contributed by atoms with Crippen molar-refractivity contribution in [1.29, 1.82) is 5.26 Å². The number of carbonyl (C=O) groups excluding carboxylic acids is 1. The van der Waals surface area contributed by atoms with Crippen molar-refractivity contribution in [1.82, 2.24) is 4.31 Å². The number of carbonyl (C=O) groups is 1. The number of morpholine rings is 1. The van der Waals surface area contributed by atoms with Gasteiger partial charge < -0.3 is 10.5 Å². The van der Waals surface area contributed by atoms with Crippen molar-refractivity contribution in [2.45, 2.75) is 11.0 Å². The fourth-order valence-electron chi connectivity index (χ4n) is 3.46. The van der Waals surface area contributed by atoms with Gasteiger partial charge in [0.15, 0.2) is 0 Å². The highest BCUT2D eigenvalue weighted by Gasteiger charge is 2.34. The van der Waals surface area contributed by atoms with Crippen molar-refractivity contribution in [2.75, 3.05) is 19.7 Å². The van der Waals surface area contributed by atoms with Crippen LogP contribution in [0.1, 0.15) is 26.9 Å². The van der Waals surface area contributed by atoms with E-state index in [-0.39, 0.29) is 30.2 Å². The molecule has 2 aromatic carbocycles. The summed E-state index contributed by atoms with van der Waals surface area (Å²) in [4.78, 5) is 12.5. The van der Waals surface area contributed by atoms with Crippen molar-refractivity contribution in [3.8, 4) is 6.07 Å². The van der Waals surface area contributed by atoms with Crippen LogP contribution >= 0.6 is 11.3 Å². The molecule has 1 aliphatic heterocycles. The highest BCUT2D eigenvalue weighted by molar-refractivity contribution is 7.89. The maximum Gasteiger partial charge on any atom is 0.259 e. The monoisotopic (exact) mass is 427 g/mol. The zero-order valence-corrected chi connectivity index (χ0v) is 16.9. The number of nitriles is 1. The molecule has 1 saturated heterocycles. The van der Waals surface area contributed by atoms with Gasteiger partial charge in [-0.2, -0.15) is 9.57 Å². The Kier molecular flexibility index (Phi) is 5.10. The minimum Gasteiger partial charge on any atom is -0.371 e. The third-order valence-electron chi connectivity index (χ3n) is 4.81. The van der Waals surface area contributed by atoms with Gasteiger partial charge in [0.25, 0.3) is 5.91 Å². The summed E-state index contributed by atoms with van der Waals surface area (Å²) in [7, 11) is -3.82. The third-order valence-corrected chi connectivity index (χ3v) is 7.87. The fourth-order valence-corrected chi connectivity index (χ4v) is 6.04. The summed E-state index contributed by atoms with van der Waals surface area (Å²) in [5.74, 6) is -0.563. The van der Waals surface area contributed by atoms with Gasteiger partial charge in [-0.3, -0.25) is 4.79 Å². The highest BCUT2D eigenvalue weighted by atomic mass is 32.2. The number of hydrogen-bond acceptors (Lipinski definition) is 6. The summed E-state index contributed by atoms with van der Waals surface area (Å²) in [6.07, 6.45) is -0.615. The molecular formula is C20H17N3O4S2. The summed E-state index contributed by atoms with van der Waals surface area (Å²) < 4.78 is 34.3. The van der Waals surface area contributed by atoms with Crippen LogP contribution in [0.25, 0.3) is 10.1 Å². The standard InChI is InChI=1S/C20H17N3O4S2/c21-11-13-4-3-5-14(10-13)29(25,26)23-8-9-27-16(12-23)18-15-6-1-2-7-17(15)28-19(18)20(22)24/h1-7,10,16H,8-9,12H2,(H2,22,24)/t16-/m0/s1. The summed E-state index contributed by atoms with van der Waals surface area (Å²) in [6, 6.07) is 15.4. The molecule has 3 aromatic rings. The predicted molar refractivity (Wildman–Crippen MR) is 109 cm³/mol. The lowest BCUT2D eigenvalue weighted by Crippen LogP contribution is -2.42. The molecule has 0 bridgehead atoms. The second-order valence-corrected chi connectivity index (χ2v) is 9.56. The van der Waals surface area contributed by atoms with E-state index in [2.05, 4.69) is 0 Å². The molecule has 2 N–H and O–H groups in total. The van der Waals surface area contributed by atoms with E-state index < -0.39 is 22.0 Å². The number of thiophene rings is 1. The SMILES string of the molecule is N#Cc1cccc(S(=O)(=O)N2CCO[C@H](c3c(C(N)=O)sc4ccccc34)C2)c1. The van der Waals surface area contributed by atoms with Crippen LogP contribution in [0.4, 0.5) is 0 Å². The topological polar surface area (TPSA) is 113 Å². The molecule has 0 unspecified atom stereocenters. The molecule has 1 amide bonds. The molecule has 1 aromatic heterocycles. The third kappa shape index (κ3) is 3.52. The molecule has 148 valence electrons. The average Bonchev–Trinajstić information content (AvgIpc) is 3.14. The van der Waals surface area contributed by atoms with Crippen molar-refractivity contribution in [3.05, 3.63) is 64.5 Å². The lowest BCUT2D eigenvalue weighted by molar-refractivity contribution is -0.00188. The van der Waals surface area contributed by atoms with E-state index in [1.165, 1.54) is 27.8 Å². The molecule has 0 saturated carbocycles. The Labute approximate surface area is 172 Å². The predicted octanol–water partition coefficient (Wildman–Crippen LogP) is 2.63. The maximum absolute atomic E-state index is 13.1. The second kappa shape index (κ2) is 7.57. The Morgan fingerprint density at radius 3 is 2.79 bits per heavy atom. The number of sulfonamides is 1. The summed E-state index contributed by atoms with van der Waals surface area (Å²) in [5.41, 5.74) is 6.48. The quantitative estimate of drug-likeness (QED) is 0.688. The first-order valence-electron chi connectivity index (χ1n) is 8.85. The highest BCUT2D eigenvalue weighted by Crippen LogP contribution is 2.38. The molecule has 0 spiro atoms. The van der Waals surface area contributed by atoms with Crippen LogP contribution in [-0.2, 0) is 14.8 Å². The summed E-state index contributed by atoms with van der Waals surface area (Å²) in [5, 5.41) is 9.90. The number of nitrogens with zero attached hydrogens (tertiary/aromatic N) is 2. The van der Waals surface area contributed by atoms with Gasteiger partial charge in [-0.1, -0.05) is 24.3 Å². The van der Waals surface area contributed by atoms with Crippen molar-refractivity contribution < 1.29 is 17.9 Å². The van der Waals surface area contributed by atoms with Crippen LogP contribution in [0, 0.1) is 11.3 Å². The van der Waals surface area contributed by atoms with E-state index >= 15 is 0 Å². The van der Waals surface area contributed by atoms with Crippen LogP contribution in [0.5, 0.6) is 0 Å². The number of nitrogens with two attached hydrogens (primary N) is 1. The smallest absolute Gasteiger partial charge is 0.259 e. The lowest BCUT2D eigenvalue weighted by atomic mass is 10.0. The molecule has 1 fully saturated rings. The van der Waals surface area contributed by atoms with Gasteiger partial charge in [0, 0.05) is 23.4 Å². The van der Waals surface area contributed by atoms with Gasteiger partial charge >= 0.3 is 0 Å². The van der Waals surface area contributed by atoms with Crippen LogP contribution in [0.3, 0.4) is 0 Å². The molecule has 7 nitrogen and oxygen atoms in total. The Morgan fingerprint density at radius 2 is 2.03 bits per heavy atom. The van der Waals surface area contributed by atoms with Gasteiger partial charge in [-0.05, 0) is 29.7 Å². The van der Waals surface area contributed by atoms with Crippen LogP contribution < -0.4 is 5.73 Å². The first kappa shape index (κ1) is 19.5. The Hall–Kier alpha value is -2.77. The van der Waals surface area contributed by atoms with E-state index in [1.54, 1.807) is 12.1 Å². The fraction of sp³-hybridized carbons (Fsp3) is 0.200. The second-order valence-electron chi connectivity index (χ2n) is 6.57. The Balaban J connectivity index is 1.73. The molecule has 0 aliphatic carbocycles. The van der Waals surface area contributed by atoms with Crippen LogP contribution in [0.2, 0.25) is 0 Å². The van der Waals surface area contributed by atoms with E-state index in [0.29, 0.717) is 10.4 Å². The van der Waals surface area contributed by atoms with E-state index in [0.717, 1.165) is 10.1 Å². The minimum absolute atomic E-state index is 0.0557. The van der Waals surface area contributed by atoms with Gasteiger partial charge in [0.1, 0.15) is 0 Å². The Bertz CT molecular complexity index is 1240.